The lowest BCUT2D eigenvalue weighted by Crippen LogP contribution is -2.40. The number of guanidine groups is 1. The van der Waals surface area contributed by atoms with Crippen molar-refractivity contribution in [1.29, 1.82) is 0 Å². The van der Waals surface area contributed by atoms with Crippen molar-refractivity contribution in [2.24, 2.45) is 12.0 Å². The molecule has 1 atom stereocenters. The first kappa shape index (κ1) is 17.3. The maximum Gasteiger partial charge on any atom is 0.194 e. The van der Waals surface area contributed by atoms with Crippen LogP contribution >= 0.6 is 0 Å². The number of nitrogens with one attached hydrogen (secondary N) is 1. The molecular weight excluding hydrogens is 314 g/mol. The van der Waals surface area contributed by atoms with Gasteiger partial charge in [-0.2, -0.15) is 5.10 Å². The van der Waals surface area contributed by atoms with Crippen LogP contribution in [0.25, 0.3) is 0 Å². The van der Waals surface area contributed by atoms with Gasteiger partial charge in [-0.15, -0.1) is 0 Å². The molecule has 1 aromatic carbocycles. The highest BCUT2D eigenvalue weighted by atomic mass is 16.5. The monoisotopic (exact) mass is 341 g/mol. The molecule has 1 saturated heterocycles. The quantitative estimate of drug-likeness (QED) is 0.670. The van der Waals surface area contributed by atoms with Gasteiger partial charge in [0.2, 0.25) is 0 Å². The molecule has 1 unspecified atom stereocenters. The van der Waals surface area contributed by atoms with Gasteiger partial charge in [0.1, 0.15) is 5.75 Å². The second-order valence-electron chi connectivity index (χ2n) is 6.40. The van der Waals surface area contributed by atoms with Gasteiger partial charge in [0.05, 0.1) is 19.9 Å². The van der Waals surface area contributed by atoms with E-state index in [-0.39, 0.29) is 0 Å². The summed E-state index contributed by atoms with van der Waals surface area (Å²) in [5.74, 6) is 2.38. The molecule has 0 saturated carbocycles. The number of methoxy groups -OCH3 is 1. The number of benzene rings is 1. The third-order valence-corrected chi connectivity index (χ3v) is 4.56. The molecule has 2 heterocycles. The minimum Gasteiger partial charge on any atom is -0.497 e. The normalized spacial score (nSPS) is 17.8. The third-order valence-electron chi connectivity index (χ3n) is 4.56. The summed E-state index contributed by atoms with van der Waals surface area (Å²) in [5, 5.41) is 7.72. The molecule has 6 heteroatoms. The summed E-state index contributed by atoms with van der Waals surface area (Å²) in [7, 11) is 3.66. The van der Waals surface area contributed by atoms with Crippen molar-refractivity contribution in [1.82, 2.24) is 20.0 Å². The first-order valence-electron chi connectivity index (χ1n) is 8.84. The van der Waals surface area contributed by atoms with Crippen LogP contribution in [0.15, 0.2) is 41.7 Å². The molecule has 6 nitrogen and oxygen atoms in total. The fourth-order valence-corrected chi connectivity index (χ4v) is 3.24. The molecule has 1 aromatic heterocycles. The lowest BCUT2D eigenvalue weighted by atomic mass is 10.0. The Morgan fingerprint density at radius 1 is 1.44 bits per heavy atom. The zero-order valence-electron chi connectivity index (χ0n) is 15.3. The number of aryl methyl sites for hydroxylation is 1. The number of nitrogens with zero attached hydrogens (tertiary/aromatic N) is 4. The van der Waals surface area contributed by atoms with Gasteiger partial charge in [-0.25, -0.2) is 4.99 Å². The summed E-state index contributed by atoms with van der Waals surface area (Å²) < 4.78 is 7.17. The SMILES string of the molecule is CCNC(=NCc1cccc(OC)c1)N1CCC(c2cnn(C)c2)C1. The third kappa shape index (κ3) is 4.32. The molecule has 0 radical (unpaired) electrons. The van der Waals surface area contributed by atoms with Crippen LogP contribution in [0.1, 0.15) is 30.4 Å². The van der Waals surface area contributed by atoms with Gasteiger partial charge < -0.3 is 15.0 Å². The zero-order valence-corrected chi connectivity index (χ0v) is 15.3. The molecule has 0 aliphatic carbocycles. The van der Waals surface area contributed by atoms with Crippen LogP contribution in [0.5, 0.6) is 5.75 Å². The van der Waals surface area contributed by atoms with E-state index in [9.17, 15) is 0 Å². The van der Waals surface area contributed by atoms with E-state index < -0.39 is 0 Å². The van der Waals surface area contributed by atoms with E-state index in [0.717, 1.165) is 43.3 Å². The summed E-state index contributed by atoms with van der Waals surface area (Å²) in [4.78, 5) is 7.18. The molecule has 2 aromatic rings. The Balaban J connectivity index is 1.68. The Bertz CT molecular complexity index is 724. The van der Waals surface area contributed by atoms with Gasteiger partial charge in [-0.3, -0.25) is 4.68 Å². The Morgan fingerprint density at radius 2 is 2.32 bits per heavy atom. The number of likely N-dealkylation sites (tertiary alicyclic amines) is 1. The van der Waals surface area contributed by atoms with Crippen LogP contribution in [-0.4, -0.2) is 47.4 Å². The summed E-state index contributed by atoms with van der Waals surface area (Å²) in [6.07, 6.45) is 5.23. The van der Waals surface area contributed by atoms with Crippen LogP contribution in [-0.2, 0) is 13.6 Å². The fraction of sp³-hybridized carbons (Fsp3) is 0.474. The minimum atomic E-state index is 0.523. The van der Waals surface area contributed by atoms with Crippen molar-refractivity contribution in [3.8, 4) is 5.75 Å². The van der Waals surface area contributed by atoms with Crippen molar-refractivity contribution >= 4 is 5.96 Å². The molecule has 1 aliphatic heterocycles. The van der Waals surface area contributed by atoms with Crippen molar-refractivity contribution in [2.45, 2.75) is 25.8 Å². The van der Waals surface area contributed by atoms with E-state index in [0.29, 0.717) is 12.5 Å². The number of rotatable bonds is 5. The summed E-state index contributed by atoms with van der Waals surface area (Å²) in [6.45, 7) is 5.62. The predicted molar refractivity (Wildman–Crippen MR) is 99.9 cm³/mol. The van der Waals surface area contributed by atoms with Crippen molar-refractivity contribution in [2.75, 3.05) is 26.7 Å². The van der Waals surface area contributed by atoms with Gasteiger partial charge in [-0.1, -0.05) is 12.1 Å². The number of aliphatic imine (C=N–C) groups is 1. The van der Waals surface area contributed by atoms with E-state index in [2.05, 4.69) is 34.5 Å². The average molecular weight is 341 g/mol. The highest BCUT2D eigenvalue weighted by Gasteiger charge is 2.26. The largest absolute Gasteiger partial charge is 0.497 e. The summed E-state index contributed by atoms with van der Waals surface area (Å²) >= 11 is 0. The van der Waals surface area contributed by atoms with E-state index in [1.165, 1.54) is 5.56 Å². The van der Waals surface area contributed by atoms with Gasteiger partial charge >= 0.3 is 0 Å². The van der Waals surface area contributed by atoms with Crippen LogP contribution in [0, 0.1) is 0 Å². The highest BCUT2D eigenvalue weighted by molar-refractivity contribution is 5.80. The molecule has 134 valence electrons. The van der Waals surface area contributed by atoms with E-state index >= 15 is 0 Å². The Morgan fingerprint density at radius 3 is 3.04 bits per heavy atom. The van der Waals surface area contributed by atoms with E-state index in [1.807, 2.05) is 36.1 Å². The van der Waals surface area contributed by atoms with Gasteiger partial charge in [0.25, 0.3) is 0 Å². The minimum absolute atomic E-state index is 0.523. The summed E-state index contributed by atoms with van der Waals surface area (Å²) in [6, 6.07) is 8.08. The maximum atomic E-state index is 5.29. The number of hydrogen-bond acceptors (Lipinski definition) is 3. The molecule has 25 heavy (non-hydrogen) atoms. The molecule has 0 spiro atoms. The number of ether oxygens (including phenoxy) is 1. The van der Waals surface area contributed by atoms with Crippen LogP contribution in [0.3, 0.4) is 0 Å². The molecule has 0 amide bonds. The Hall–Kier alpha value is -2.50. The van der Waals surface area contributed by atoms with Crippen molar-refractivity contribution in [3.05, 3.63) is 47.8 Å². The topological polar surface area (TPSA) is 54.7 Å². The first-order chi connectivity index (χ1) is 12.2. The maximum absolute atomic E-state index is 5.29. The summed E-state index contributed by atoms with van der Waals surface area (Å²) in [5.41, 5.74) is 2.46. The van der Waals surface area contributed by atoms with Crippen LogP contribution in [0.2, 0.25) is 0 Å². The van der Waals surface area contributed by atoms with E-state index in [4.69, 9.17) is 9.73 Å². The molecular formula is C19H27N5O. The molecule has 0 bridgehead atoms. The first-order valence-corrected chi connectivity index (χ1v) is 8.84. The van der Waals surface area contributed by atoms with Crippen LogP contribution in [0.4, 0.5) is 0 Å². The van der Waals surface area contributed by atoms with Crippen molar-refractivity contribution < 1.29 is 4.74 Å². The van der Waals surface area contributed by atoms with E-state index in [1.54, 1.807) is 7.11 Å². The highest BCUT2D eigenvalue weighted by Crippen LogP contribution is 2.26. The molecule has 1 aliphatic rings. The lowest BCUT2D eigenvalue weighted by Gasteiger charge is -2.21. The standard InChI is InChI=1S/C19H27N5O/c1-4-20-19(21-11-15-6-5-7-18(10-15)25-3)24-9-8-16(14-24)17-12-22-23(2)13-17/h5-7,10,12-13,16H,4,8-9,11,14H2,1-3H3,(H,20,21). The van der Waals surface area contributed by atoms with Crippen molar-refractivity contribution in [3.63, 3.8) is 0 Å². The number of aromatic nitrogens is 2. The number of hydrogen-bond donors (Lipinski definition) is 1. The molecule has 1 N–H and O–H groups in total. The second-order valence-corrected chi connectivity index (χ2v) is 6.40. The molecule has 3 rings (SSSR count). The Labute approximate surface area is 149 Å². The Kier molecular flexibility index (Phi) is 5.58. The van der Waals surface area contributed by atoms with Crippen LogP contribution < -0.4 is 10.1 Å². The smallest absolute Gasteiger partial charge is 0.194 e. The fourth-order valence-electron chi connectivity index (χ4n) is 3.24. The average Bonchev–Trinajstić information content (AvgIpc) is 3.28. The lowest BCUT2D eigenvalue weighted by molar-refractivity contribution is 0.414. The van der Waals surface area contributed by atoms with Gasteiger partial charge in [-0.05, 0) is 36.6 Å². The van der Waals surface area contributed by atoms with Gasteiger partial charge in [0, 0.05) is 38.8 Å². The van der Waals surface area contributed by atoms with Gasteiger partial charge in [0.15, 0.2) is 5.96 Å². The molecule has 1 fully saturated rings. The second kappa shape index (κ2) is 8.05. The zero-order chi connectivity index (χ0) is 17.6. The predicted octanol–water partition coefficient (Wildman–Crippen LogP) is 2.38.